The van der Waals surface area contributed by atoms with Gasteiger partial charge in [-0.3, -0.25) is 14.3 Å². The Morgan fingerprint density at radius 3 is 2.70 bits per heavy atom. The number of alkyl halides is 1. The van der Waals surface area contributed by atoms with Gasteiger partial charge in [0.1, 0.15) is 0 Å². The Hall–Kier alpha value is -1.54. The van der Waals surface area contributed by atoms with Gasteiger partial charge in [0, 0.05) is 5.92 Å². The fourth-order valence-electron chi connectivity index (χ4n) is 2.51. The number of halogens is 2. The van der Waals surface area contributed by atoms with Crippen molar-refractivity contribution in [3.8, 4) is 0 Å². The maximum Gasteiger partial charge on any atom is 0.330 e. The summed E-state index contributed by atoms with van der Waals surface area (Å²) < 4.78 is 33.8. The Morgan fingerprint density at radius 1 is 1.55 bits per heavy atom. The summed E-state index contributed by atoms with van der Waals surface area (Å²) >= 11 is 0. The molecule has 0 saturated carbocycles. The molecule has 6 nitrogen and oxygen atoms in total. The molecule has 8 heteroatoms. The van der Waals surface area contributed by atoms with E-state index in [-0.39, 0.29) is 0 Å². The number of nitrogens with one attached hydrogen (secondary N) is 1. The van der Waals surface area contributed by atoms with Gasteiger partial charge in [0.15, 0.2) is 12.4 Å². The quantitative estimate of drug-likeness (QED) is 0.839. The number of aliphatic hydroxyl groups is 1. The third-order valence-corrected chi connectivity index (χ3v) is 4.00. The van der Waals surface area contributed by atoms with Crippen LogP contribution in [0.5, 0.6) is 0 Å². The molecule has 1 aliphatic heterocycles. The first-order valence-electron chi connectivity index (χ1n) is 6.30. The van der Waals surface area contributed by atoms with Gasteiger partial charge in [0.2, 0.25) is 5.82 Å². The van der Waals surface area contributed by atoms with Crippen LogP contribution in [0.3, 0.4) is 0 Å². The molecule has 1 aromatic heterocycles. The zero-order valence-corrected chi connectivity index (χ0v) is 11.1. The van der Waals surface area contributed by atoms with E-state index in [4.69, 9.17) is 4.74 Å². The summed E-state index contributed by atoms with van der Waals surface area (Å²) in [5.74, 6) is -1.88. The van der Waals surface area contributed by atoms with Crippen LogP contribution in [0.25, 0.3) is 0 Å². The van der Waals surface area contributed by atoms with Gasteiger partial charge in [-0.1, -0.05) is 13.8 Å². The maximum atomic E-state index is 14.3. The number of aromatic nitrogens is 2. The number of hydrogen-bond donors (Lipinski definition) is 2. The largest absolute Gasteiger partial charge is 0.393 e. The Labute approximate surface area is 113 Å². The number of ether oxygens (including phenoxy) is 1. The van der Waals surface area contributed by atoms with E-state index in [2.05, 4.69) is 0 Å². The second kappa shape index (κ2) is 5.10. The van der Waals surface area contributed by atoms with E-state index in [1.807, 2.05) is 0 Å². The summed E-state index contributed by atoms with van der Waals surface area (Å²) in [4.78, 5) is 24.4. The van der Waals surface area contributed by atoms with Crippen molar-refractivity contribution in [2.45, 2.75) is 38.3 Å². The zero-order chi connectivity index (χ0) is 15.1. The van der Waals surface area contributed by atoms with E-state index in [1.165, 1.54) is 0 Å². The fraction of sp³-hybridized carbons (Fsp3) is 0.667. The van der Waals surface area contributed by atoms with Gasteiger partial charge < -0.3 is 9.84 Å². The molecule has 0 radical (unpaired) electrons. The summed E-state index contributed by atoms with van der Waals surface area (Å²) in [5.41, 5.74) is -3.26. The average molecular weight is 290 g/mol. The van der Waals surface area contributed by atoms with Crippen molar-refractivity contribution in [1.82, 2.24) is 9.55 Å². The van der Waals surface area contributed by atoms with Gasteiger partial charge in [0.05, 0.1) is 18.4 Å². The first-order chi connectivity index (χ1) is 9.36. The Morgan fingerprint density at radius 2 is 2.20 bits per heavy atom. The highest BCUT2D eigenvalue weighted by Crippen LogP contribution is 2.44. The lowest BCUT2D eigenvalue weighted by molar-refractivity contribution is -0.116. The normalized spacial score (nSPS) is 33.5. The summed E-state index contributed by atoms with van der Waals surface area (Å²) in [5, 5.41) is 9.43. The number of rotatable bonds is 3. The molecule has 0 aliphatic carbocycles. The van der Waals surface area contributed by atoms with Crippen molar-refractivity contribution in [2.24, 2.45) is 5.92 Å². The van der Waals surface area contributed by atoms with Gasteiger partial charge >= 0.3 is 5.69 Å². The molecule has 0 bridgehead atoms. The zero-order valence-electron chi connectivity index (χ0n) is 11.1. The van der Waals surface area contributed by atoms with Gasteiger partial charge in [-0.05, 0) is 6.42 Å². The van der Waals surface area contributed by atoms with Gasteiger partial charge in [-0.15, -0.1) is 0 Å². The van der Waals surface area contributed by atoms with Crippen molar-refractivity contribution >= 4 is 0 Å². The Bertz CT molecular complexity index is 608. The number of H-pyrrole nitrogens is 1. The molecule has 1 fully saturated rings. The fourth-order valence-corrected chi connectivity index (χ4v) is 2.51. The summed E-state index contributed by atoms with van der Waals surface area (Å²) in [6.45, 7) is 2.86. The first-order valence-corrected chi connectivity index (χ1v) is 6.30. The molecule has 2 N–H and O–H groups in total. The predicted molar refractivity (Wildman–Crippen MR) is 65.6 cm³/mol. The van der Waals surface area contributed by atoms with Crippen LogP contribution in [0, 0.1) is 11.7 Å². The molecule has 0 amide bonds. The van der Waals surface area contributed by atoms with Gasteiger partial charge in [-0.2, -0.15) is 4.39 Å². The molecular weight excluding hydrogens is 274 g/mol. The molecule has 1 aliphatic rings. The SMILES string of the molecule is CC[C@]1(CO)O[C@@H](n2cc(F)c(=O)[nH]c2=O)[C@@H](F)[C@@H]1C. The van der Waals surface area contributed by atoms with Crippen molar-refractivity contribution in [1.29, 1.82) is 0 Å². The number of hydrogen-bond acceptors (Lipinski definition) is 4. The Kier molecular flexibility index (Phi) is 3.79. The van der Waals surface area contributed by atoms with Gasteiger partial charge in [0.25, 0.3) is 5.56 Å². The Balaban J connectivity index is 2.47. The van der Waals surface area contributed by atoms with Crippen molar-refractivity contribution in [3.05, 3.63) is 32.9 Å². The third-order valence-electron chi connectivity index (χ3n) is 4.00. The highest BCUT2D eigenvalue weighted by molar-refractivity contribution is 5.00. The minimum Gasteiger partial charge on any atom is -0.393 e. The summed E-state index contributed by atoms with van der Waals surface area (Å²) in [6.07, 6.45) is -2.03. The van der Waals surface area contributed by atoms with E-state index < -0.39 is 47.6 Å². The van der Waals surface area contributed by atoms with Crippen LogP contribution < -0.4 is 11.2 Å². The molecule has 2 rings (SSSR count). The second-order valence-corrected chi connectivity index (χ2v) is 4.96. The van der Waals surface area contributed by atoms with Crippen LogP contribution >= 0.6 is 0 Å². The number of nitrogens with zero attached hydrogens (tertiary/aromatic N) is 1. The van der Waals surface area contributed by atoms with Crippen LogP contribution in [0.4, 0.5) is 8.78 Å². The van der Waals surface area contributed by atoms with Crippen LogP contribution in [-0.2, 0) is 4.74 Å². The highest BCUT2D eigenvalue weighted by Gasteiger charge is 2.53. The molecule has 2 heterocycles. The number of aliphatic hydroxyl groups excluding tert-OH is 1. The van der Waals surface area contributed by atoms with Crippen LogP contribution in [0.2, 0.25) is 0 Å². The van der Waals surface area contributed by atoms with E-state index in [9.17, 15) is 23.5 Å². The molecule has 4 atom stereocenters. The molecule has 0 aromatic carbocycles. The van der Waals surface area contributed by atoms with E-state index in [1.54, 1.807) is 18.8 Å². The smallest absolute Gasteiger partial charge is 0.330 e. The van der Waals surface area contributed by atoms with E-state index in [0.717, 1.165) is 0 Å². The highest BCUT2D eigenvalue weighted by atomic mass is 19.1. The lowest BCUT2D eigenvalue weighted by atomic mass is 9.86. The van der Waals surface area contributed by atoms with E-state index in [0.29, 0.717) is 17.2 Å². The molecule has 1 aromatic rings. The molecule has 112 valence electrons. The summed E-state index contributed by atoms with van der Waals surface area (Å²) in [6, 6.07) is 0. The van der Waals surface area contributed by atoms with Crippen LogP contribution in [0.1, 0.15) is 26.5 Å². The third kappa shape index (κ3) is 2.08. The van der Waals surface area contributed by atoms with Crippen LogP contribution in [-0.4, -0.2) is 33.0 Å². The van der Waals surface area contributed by atoms with Gasteiger partial charge in [-0.25, -0.2) is 9.18 Å². The first kappa shape index (κ1) is 14.9. The molecular formula is C12H16F2N2O4. The summed E-state index contributed by atoms with van der Waals surface area (Å²) in [7, 11) is 0. The minimum absolute atomic E-state index is 0.335. The monoisotopic (exact) mass is 290 g/mol. The molecule has 0 spiro atoms. The minimum atomic E-state index is -1.61. The topological polar surface area (TPSA) is 84.3 Å². The second-order valence-electron chi connectivity index (χ2n) is 4.96. The van der Waals surface area contributed by atoms with Crippen molar-refractivity contribution in [3.63, 3.8) is 0 Å². The molecule has 0 unspecified atom stereocenters. The number of aromatic amines is 1. The average Bonchev–Trinajstić information content (AvgIpc) is 2.68. The van der Waals surface area contributed by atoms with Crippen LogP contribution in [0.15, 0.2) is 15.8 Å². The van der Waals surface area contributed by atoms with Crippen molar-refractivity contribution < 1.29 is 18.6 Å². The maximum absolute atomic E-state index is 14.3. The predicted octanol–water partition coefficient (Wildman–Crippen LogP) is 0.320. The lowest BCUT2D eigenvalue weighted by Crippen LogP contribution is -2.39. The lowest BCUT2D eigenvalue weighted by Gasteiger charge is -2.29. The molecule has 1 saturated heterocycles. The molecule has 20 heavy (non-hydrogen) atoms. The standard InChI is InChI=1S/C12H16F2N2O4/c1-3-12(5-17)6(2)8(14)10(20-12)16-4-7(13)9(18)15-11(16)19/h4,6,8,10,17H,3,5H2,1-2H3,(H,15,18,19)/t6-,8-,10+,12+/m0/s1. The van der Waals surface area contributed by atoms with Crippen molar-refractivity contribution in [2.75, 3.05) is 6.61 Å². The van der Waals surface area contributed by atoms with E-state index >= 15 is 0 Å².